The summed E-state index contributed by atoms with van der Waals surface area (Å²) in [5, 5.41) is 12.6. The van der Waals surface area contributed by atoms with E-state index in [4.69, 9.17) is 10.2 Å². The first-order valence-corrected chi connectivity index (χ1v) is 11.9. The Morgan fingerprint density at radius 1 is 1.12 bits per heavy atom. The number of fused-ring (bicyclic) bond motifs is 1. The molecule has 3 heterocycles. The summed E-state index contributed by atoms with van der Waals surface area (Å²) < 4.78 is 0. The first-order valence-electron chi connectivity index (χ1n) is 11.9. The predicted molar refractivity (Wildman–Crippen MR) is 124 cm³/mol. The van der Waals surface area contributed by atoms with E-state index in [0.717, 1.165) is 81.6 Å². The molecule has 5 rings (SSSR count). The molecule has 0 bridgehead atoms. The number of benzene rings is 1. The summed E-state index contributed by atoms with van der Waals surface area (Å²) in [7, 11) is 0. The van der Waals surface area contributed by atoms with Crippen molar-refractivity contribution in [2.45, 2.75) is 57.4 Å². The molecule has 1 saturated heterocycles. The van der Waals surface area contributed by atoms with E-state index in [2.05, 4.69) is 32.2 Å². The molecular formula is C25H30N6O. The molecular weight excluding hydrogens is 400 g/mol. The maximum absolute atomic E-state index is 12.7. The SMILES string of the molecule is N#CCc1cccc2c1CCN2c1ccnc(N[C@H]2CC[C@H](C(=O)N3CCCC3)CC2)n1. The molecule has 7 nitrogen and oxygen atoms in total. The Bertz CT molecular complexity index is 1020. The number of anilines is 3. The van der Waals surface area contributed by atoms with E-state index < -0.39 is 0 Å². The van der Waals surface area contributed by atoms with Crippen molar-refractivity contribution in [2.24, 2.45) is 5.92 Å². The predicted octanol–water partition coefficient (Wildman–Crippen LogP) is 3.83. The average Bonchev–Trinajstić information content (AvgIpc) is 3.51. The van der Waals surface area contributed by atoms with Crippen molar-refractivity contribution in [3.63, 3.8) is 0 Å². The number of carbonyl (C=O) groups is 1. The van der Waals surface area contributed by atoms with Gasteiger partial charge in [0.25, 0.3) is 0 Å². The quantitative estimate of drug-likeness (QED) is 0.776. The molecule has 2 aliphatic heterocycles. The highest BCUT2D eigenvalue weighted by Crippen LogP contribution is 2.36. The van der Waals surface area contributed by atoms with Gasteiger partial charge in [0.15, 0.2) is 0 Å². The summed E-state index contributed by atoms with van der Waals surface area (Å²) in [5.74, 6) is 2.08. The Hall–Kier alpha value is -3.14. The van der Waals surface area contributed by atoms with Crippen molar-refractivity contribution >= 4 is 23.4 Å². The van der Waals surface area contributed by atoms with Crippen LogP contribution in [0.4, 0.5) is 17.5 Å². The first-order chi connectivity index (χ1) is 15.7. The van der Waals surface area contributed by atoms with Gasteiger partial charge in [0, 0.05) is 43.5 Å². The van der Waals surface area contributed by atoms with Gasteiger partial charge in [-0.05, 0) is 68.2 Å². The van der Waals surface area contributed by atoms with E-state index in [1.54, 1.807) is 0 Å². The molecule has 2 aromatic rings. The molecule has 1 aromatic carbocycles. The summed E-state index contributed by atoms with van der Waals surface area (Å²) in [6.07, 6.45) is 9.30. The molecule has 2 fully saturated rings. The second-order valence-corrected chi connectivity index (χ2v) is 9.12. The van der Waals surface area contributed by atoms with Crippen molar-refractivity contribution in [1.82, 2.24) is 14.9 Å². The van der Waals surface area contributed by atoms with Gasteiger partial charge in [-0.2, -0.15) is 10.2 Å². The molecule has 0 atom stereocenters. The normalized spacial score (nSPS) is 22.5. The number of nitrogens with zero attached hydrogens (tertiary/aromatic N) is 5. The first kappa shape index (κ1) is 20.7. The number of rotatable bonds is 5. The van der Waals surface area contributed by atoms with Crippen LogP contribution in [0.1, 0.15) is 49.7 Å². The van der Waals surface area contributed by atoms with Gasteiger partial charge in [-0.15, -0.1) is 0 Å². The number of hydrogen-bond donors (Lipinski definition) is 1. The molecule has 0 unspecified atom stereocenters. The lowest BCUT2D eigenvalue weighted by Crippen LogP contribution is -2.37. The Kier molecular flexibility index (Phi) is 5.93. The van der Waals surface area contributed by atoms with E-state index in [-0.39, 0.29) is 5.92 Å². The second kappa shape index (κ2) is 9.15. The molecule has 1 aromatic heterocycles. The van der Waals surface area contributed by atoms with Gasteiger partial charge in [-0.3, -0.25) is 4.79 Å². The highest BCUT2D eigenvalue weighted by molar-refractivity contribution is 5.79. The molecule has 1 N–H and O–H groups in total. The highest BCUT2D eigenvalue weighted by Gasteiger charge is 2.31. The van der Waals surface area contributed by atoms with Crippen LogP contribution < -0.4 is 10.2 Å². The number of nitriles is 1. The van der Waals surface area contributed by atoms with Crippen molar-refractivity contribution in [3.05, 3.63) is 41.6 Å². The Labute approximate surface area is 189 Å². The molecule has 166 valence electrons. The fourth-order valence-corrected chi connectivity index (χ4v) is 5.43. The maximum Gasteiger partial charge on any atom is 0.225 e. The zero-order valence-corrected chi connectivity index (χ0v) is 18.5. The van der Waals surface area contributed by atoms with Gasteiger partial charge in [0.1, 0.15) is 5.82 Å². The molecule has 1 saturated carbocycles. The van der Waals surface area contributed by atoms with E-state index in [9.17, 15) is 4.79 Å². The fraction of sp³-hybridized carbons (Fsp3) is 0.520. The lowest BCUT2D eigenvalue weighted by molar-refractivity contribution is -0.135. The van der Waals surface area contributed by atoms with Crippen LogP contribution in [-0.4, -0.2) is 46.5 Å². The highest BCUT2D eigenvalue weighted by atomic mass is 16.2. The van der Waals surface area contributed by atoms with Crippen molar-refractivity contribution in [1.29, 1.82) is 5.26 Å². The van der Waals surface area contributed by atoms with Gasteiger partial charge in [0.2, 0.25) is 11.9 Å². The van der Waals surface area contributed by atoms with Crippen molar-refractivity contribution < 1.29 is 4.79 Å². The van der Waals surface area contributed by atoms with Crippen LogP contribution in [0.15, 0.2) is 30.5 Å². The summed E-state index contributed by atoms with van der Waals surface area (Å²) in [4.78, 5) is 26.2. The smallest absolute Gasteiger partial charge is 0.225 e. The summed E-state index contributed by atoms with van der Waals surface area (Å²) in [6.45, 7) is 2.74. The molecule has 32 heavy (non-hydrogen) atoms. The van der Waals surface area contributed by atoms with Gasteiger partial charge in [-0.1, -0.05) is 12.1 Å². The molecule has 7 heteroatoms. The van der Waals surface area contributed by atoms with Crippen LogP contribution >= 0.6 is 0 Å². The number of aromatic nitrogens is 2. The third kappa shape index (κ3) is 4.14. The van der Waals surface area contributed by atoms with Gasteiger partial charge >= 0.3 is 0 Å². The number of hydrogen-bond acceptors (Lipinski definition) is 6. The van der Waals surface area contributed by atoms with E-state index >= 15 is 0 Å². The zero-order valence-electron chi connectivity index (χ0n) is 18.5. The molecule has 0 spiro atoms. The van der Waals surface area contributed by atoms with Gasteiger partial charge in [-0.25, -0.2) is 4.98 Å². The summed E-state index contributed by atoms with van der Waals surface area (Å²) in [5.41, 5.74) is 3.51. The second-order valence-electron chi connectivity index (χ2n) is 9.12. The Morgan fingerprint density at radius 3 is 2.72 bits per heavy atom. The van der Waals surface area contributed by atoms with E-state index in [1.807, 2.05) is 24.4 Å². The number of nitrogens with one attached hydrogen (secondary N) is 1. The largest absolute Gasteiger partial charge is 0.351 e. The topological polar surface area (TPSA) is 85.2 Å². The number of likely N-dealkylation sites (tertiary alicyclic amines) is 1. The standard InChI is InChI=1S/C25H30N6O/c26-13-10-18-4-3-5-22-21(18)12-17-31(22)23-11-14-27-25(29-23)28-20-8-6-19(7-9-20)24(32)30-15-1-2-16-30/h3-5,11,14,19-20H,1-2,6-10,12,15-17H2,(H,27,28,29)/t19-,20-. The zero-order chi connectivity index (χ0) is 21.9. The van der Waals surface area contributed by atoms with E-state index in [0.29, 0.717) is 24.3 Å². The molecule has 0 radical (unpaired) electrons. The average molecular weight is 431 g/mol. The monoisotopic (exact) mass is 430 g/mol. The minimum absolute atomic E-state index is 0.183. The lowest BCUT2D eigenvalue weighted by Gasteiger charge is -2.31. The number of carbonyl (C=O) groups excluding carboxylic acids is 1. The Morgan fingerprint density at radius 2 is 1.94 bits per heavy atom. The maximum atomic E-state index is 12.7. The third-order valence-electron chi connectivity index (χ3n) is 7.14. The number of amides is 1. The van der Waals surface area contributed by atoms with Crippen molar-refractivity contribution in [3.8, 4) is 6.07 Å². The van der Waals surface area contributed by atoms with Gasteiger partial charge < -0.3 is 15.1 Å². The van der Waals surface area contributed by atoms with Crippen LogP contribution in [-0.2, 0) is 17.6 Å². The summed E-state index contributed by atoms with van der Waals surface area (Å²) in [6, 6.07) is 10.7. The molecule has 1 amide bonds. The van der Waals surface area contributed by atoms with Crippen LogP contribution in [0.2, 0.25) is 0 Å². The van der Waals surface area contributed by atoms with Crippen molar-refractivity contribution in [2.75, 3.05) is 29.9 Å². The Balaban J connectivity index is 1.22. The lowest BCUT2D eigenvalue weighted by atomic mass is 9.85. The van der Waals surface area contributed by atoms with Crippen LogP contribution in [0.25, 0.3) is 0 Å². The minimum atomic E-state index is 0.183. The minimum Gasteiger partial charge on any atom is -0.351 e. The third-order valence-corrected chi connectivity index (χ3v) is 7.14. The van der Waals surface area contributed by atoms with Crippen LogP contribution in [0.5, 0.6) is 0 Å². The van der Waals surface area contributed by atoms with E-state index in [1.165, 1.54) is 5.56 Å². The van der Waals surface area contributed by atoms with Gasteiger partial charge in [0.05, 0.1) is 12.5 Å². The summed E-state index contributed by atoms with van der Waals surface area (Å²) >= 11 is 0. The molecule has 1 aliphatic carbocycles. The van der Waals surface area contributed by atoms with Crippen LogP contribution in [0, 0.1) is 17.2 Å². The van der Waals surface area contributed by atoms with Crippen LogP contribution in [0.3, 0.4) is 0 Å². The molecule has 3 aliphatic rings. The fourth-order valence-electron chi connectivity index (χ4n) is 5.43.